The van der Waals surface area contributed by atoms with E-state index in [1.807, 2.05) is 0 Å². The van der Waals surface area contributed by atoms with Gasteiger partial charge in [-0.1, -0.05) is 29.3 Å². The third-order valence-corrected chi connectivity index (χ3v) is 3.17. The van der Waals surface area contributed by atoms with Gasteiger partial charge in [0.2, 0.25) is 0 Å². The fourth-order valence-electron chi connectivity index (χ4n) is 1.67. The first kappa shape index (κ1) is 15.9. The molecule has 0 aliphatic rings. The first-order chi connectivity index (χ1) is 10.0. The van der Waals surface area contributed by atoms with Crippen LogP contribution in [0.1, 0.15) is 0 Å². The Balaban J connectivity index is 1.80. The monoisotopic (exact) mass is 329 g/mol. The smallest absolute Gasteiger partial charge is 0.147 e. The molecule has 0 radical (unpaired) electrons. The van der Waals surface area contributed by atoms with Crippen LogP contribution in [0.25, 0.3) is 0 Å². The molecule has 3 nitrogen and oxygen atoms in total. The molecule has 2 rings (SSSR count). The van der Waals surface area contributed by atoms with Gasteiger partial charge in [-0.3, -0.25) is 0 Å². The highest BCUT2D eigenvalue weighted by Crippen LogP contribution is 2.19. The number of hydrogen-bond donors (Lipinski definition) is 2. The molecule has 0 aromatic heterocycles. The number of aliphatic hydroxyl groups is 1. The average Bonchev–Trinajstić information content (AvgIpc) is 2.44. The molecule has 2 N–H and O–H groups in total. The van der Waals surface area contributed by atoms with Gasteiger partial charge >= 0.3 is 0 Å². The fraction of sp³-hybridized carbons (Fsp3) is 0.200. The summed E-state index contributed by atoms with van der Waals surface area (Å²) in [5.41, 5.74) is 0.279. The standard InChI is InChI=1S/C15H14Cl2FNO2/c16-10-2-1-3-13(6-10)21-9-12(20)8-19-15-5-4-11(17)7-14(15)18/h1-7,12,19-20H,8-9H2. The number of anilines is 1. The van der Waals surface area contributed by atoms with E-state index in [1.54, 1.807) is 30.3 Å². The van der Waals surface area contributed by atoms with Crippen LogP contribution in [0.5, 0.6) is 5.75 Å². The van der Waals surface area contributed by atoms with Gasteiger partial charge in [-0.05, 0) is 36.4 Å². The molecule has 0 fully saturated rings. The van der Waals surface area contributed by atoms with Crippen LogP contribution in [0.4, 0.5) is 10.1 Å². The zero-order chi connectivity index (χ0) is 15.2. The highest BCUT2D eigenvalue weighted by Gasteiger charge is 2.08. The lowest BCUT2D eigenvalue weighted by Crippen LogP contribution is -2.26. The molecular weight excluding hydrogens is 316 g/mol. The van der Waals surface area contributed by atoms with Crippen molar-refractivity contribution < 1.29 is 14.2 Å². The maximum atomic E-state index is 13.5. The summed E-state index contributed by atoms with van der Waals surface area (Å²) in [5, 5.41) is 13.5. The van der Waals surface area contributed by atoms with Crippen molar-refractivity contribution in [3.8, 4) is 5.75 Å². The van der Waals surface area contributed by atoms with Crippen LogP contribution in [0.3, 0.4) is 0 Å². The van der Waals surface area contributed by atoms with E-state index in [2.05, 4.69) is 5.32 Å². The van der Waals surface area contributed by atoms with E-state index < -0.39 is 11.9 Å². The maximum Gasteiger partial charge on any atom is 0.147 e. The van der Waals surface area contributed by atoms with Crippen LogP contribution >= 0.6 is 23.2 Å². The van der Waals surface area contributed by atoms with Crippen molar-refractivity contribution in [1.82, 2.24) is 0 Å². The Hall–Kier alpha value is -1.49. The second-order valence-corrected chi connectivity index (χ2v) is 5.30. The number of halogens is 3. The summed E-state index contributed by atoms with van der Waals surface area (Å²) >= 11 is 11.5. The van der Waals surface area contributed by atoms with Crippen LogP contribution in [0.15, 0.2) is 42.5 Å². The Morgan fingerprint density at radius 2 is 1.90 bits per heavy atom. The number of rotatable bonds is 6. The van der Waals surface area contributed by atoms with Gasteiger partial charge in [0.15, 0.2) is 0 Å². The second-order valence-electron chi connectivity index (χ2n) is 4.43. The first-order valence-electron chi connectivity index (χ1n) is 6.30. The summed E-state index contributed by atoms with van der Waals surface area (Å²) in [5.74, 6) is 0.102. The minimum atomic E-state index is -0.793. The number of hydrogen-bond acceptors (Lipinski definition) is 3. The lowest BCUT2D eigenvalue weighted by Gasteiger charge is -2.14. The zero-order valence-electron chi connectivity index (χ0n) is 11.0. The molecule has 0 aliphatic carbocycles. The molecule has 0 heterocycles. The maximum absolute atomic E-state index is 13.5. The SMILES string of the molecule is OC(CNc1ccc(Cl)cc1F)COc1cccc(Cl)c1. The van der Waals surface area contributed by atoms with Gasteiger partial charge in [-0.25, -0.2) is 4.39 Å². The third kappa shape index (κ3) is 5.08. The van der Waals surface area contributed by atoms with Crippen LogP contribution < -0.4 is 10.1 Å². The van der Waals surface area contributed by atoms with E-state index in [0.29, 0.717) is 15.8 Å². The van der Waals surface area contributed by atoms with Gasteiger partial charge < -0.3 is 15.2 Å². The molecule has 0 aliphatic heterocycles. The lowest BCUT2D eigenvalue weighted by molar-refractivity contribution is 0.117. The van der Waals surface area contributed by atoms with E-state index in [4.69, 9.17) is 27.9 Å². The minimum Gasteiger partial charge on any atom is -0.491 e. The first-order valence-corrected chi connectivity index (χ1v) is 7.05. The van der Waals surface area contributed by atoms with E-state index in [1.165, 1.54) is 12.1 Å². The number of nitrogens with one attached hydrogen (secondary N) is 1. The van der Waals surface area contributed by atoms with Crippen molar-refractivity contribution in [3.63, 3.8) is 0 Å². The predicted molar refractivity (Wildman–Crippen MR) is 82.9 cm³/mol. The summed E-state index contributed by atoms with van der Waals surface area (Å²) < 4.78 is 18.9. The highest BCUT2D eigenvalue weighted by molar-refractivity contribution is 6.30. The largest absolute Gasteiger partial charge is 0.491 e. The van der Waals surface area contributed by atoms with E-state index >= 15 is 0 Å². The van der Waals surface area contributed by atoms with Crippen LogP contribution in [0, 0.1) is 5.82 Å². The van der Waals surface area contributed by atoms with Crippen molar-refractivity contribution in [2.45, 2.75) is 6.10 Å². The quantitative estimate of drug-likeness (QED) is 0.842. The fourth-order valence-corrected chi connectivity index (χ4v) is 2.01. The molecule has 2 aromatic rings. The highest BCUT2D eigenvalue weighted by atomic mass is 35.5. The van der Waals surface area contributed by atoms with Crippen LogP contribution in [-0.4, -0.2) is 24.4 Å². The molecule has 0 saturated heterocycles. The number of ether oxygens (including phenoxy) is 1. The Bertz CT molecular complexity index is 610. The number of benzene rings is 2. The Kier molecular flexibility index (Phi) is 5.67. The molecule has 0 amide bonds. The normalized spacial score (nSPS) is 12.0. The molecule has 2 aromatic carbocycles. The Labute approximate surface area is 132 Å². The predicted octanol–water partition coefficient (Wildman–Crippen LogP) is 3.98. The van der Waals surface area contributed by atoms with Gasteiger partial charge in [-0.15, -0.1) is 0 Å². The summed E-state index contributed by atoms with van der Waals surface area (Å²) in [6.07, 6.45) is -0.793. The van der Waals surface area contributed by atoms with Gasteiger partial charge in [0, 0.05) is 16.6 Å². The van der Waals surface area contributed by atoms with Gasteiger partial charge in [0.25, 0.3) is 0 Å². The molecule has 1 unspecified atom stereocenters. The Morgan fingerprint density at radius 1 is 1.14 bits per heavy atom. The molecule has 0 spiro atoms. The minimum absolute atomic E-state index is 0.0720. The number of aliphatic hydroxyl groups excluding tert-OH is 1. The third-order valence-electron chi connectivity index (χ3n) is 2.70. The average molecular weight is 330 g/mol. The Morgan fingerprint density at radius 3 is 2.62 bits per heavy atom. The topological polar surface area (TPSA) is 41.5 Å². The summed E-state index contributed by atoms with van der Waals surface area (Å²) in [7, 11) is 0. The second kappa shape index (κ2) is 7.50. The molecule has 0 saturated carbocycles. The van der Waals surface area contributed by atoms with E-state index in [-0.39, 0.29) is 18.8 Å². The lowest BCUT2D eigenvalue weighted by atomic mass is 10.3. The molecule has 1 atom stereocenters. The van der Waals surface area contributed by atoms with Gasteiger partial charge in [-0.2, -0.15) is 0 Å². The van der Waals surface area contributed by atoms with Crippen molar-refractivity contribution in [3.05, 3.63) is 58.3 Å². The molecular formula is C15H14Cl2FNO2. The summed E-state index contributed by atoms with van der Waals surface area (Å²) in [6, 6.07) is 11.2. The molecule has 21 heavy (non-hydrogen) atoms. The molecule has 6 heteroatoms. The summed E-state index contributed by atoms with van der Waals surface area (Å²) in [6.45, 7) is 0.224. The van der Waals surface area contributed by atoms with Gasteiger partial charge in [0.05, 0.1) is 5.69 Å². The van der Waals surface area contributed by atoms with Crippen molar-refractivity contribution >= 4 is 28.9 Å². The van der Waals surface area contributed by atoms with Crippen LogP contribution in [0.2, 0.25) is 10.0 Å². The van der Waals surface area contributed by atoms with E-state index in [0.717, 1.165) is 0 Å². The van der Waals surface area contributed by atoms with E-state index in [9.17, 15) is 9.50 Å². The van der Waals surface area contributed by atoms with Crippen molar-refractivity contribution in [1.29, 1.82) is 0 Å². The molecule has 0 bridgehead atoms. The van der Waals surface area contributed by atoms with Crippen LogP contribution in [-0.2, 0) is 0 Å². The van der Waals surface area contributed by atoms with Gasteiger partial charge in [0.1, 0.15) is 24.3 Å². The molecule has 112 valence electrons. The zero-order valence-corrected chi connectivity index (χ0v) is 12.5. The van der Waals surface area contributed by atoms with Crippen molar-refractivity contribution in [2.75, 3.05) is 18.5 Å². The summed E-state index contributed by atoms with van der Waals surface area (Å²) in [4.78, 5) is 0. The van der Waals surface area contributed by atoms with Crippen molar-refractivity contribution in [2.24, 2.45) is 0 Å².